The molecule has 0 unspecified atom stereocenters. The Kier molecular flexibility index (Phi) is 2.50. The van der Waals surface area contributed by atoms with E-state index in [1.54, 1.807) is 35.9 Å². The molecule has 5 nitrogen and oxygen atoms in total. The molecule has 0 amide bonds. The molecule has 0 spiro atoms. The summed E-state index contributed by atoms with van der Waals surface area (Å²) < 4.78 is 1.64. The number of carboxylic acids is 2. The zero-order valence-electron chi connectivity index (χ0n) is 10.6. The lowest BCUT2D eigenvalue weighted by Gasteiger charge is -2.03. The van der Waals surface area contributed by atoms with E-state index in [9.17, 15) is 19.8 Å². The molecule has 3 rings (SSSR count). The Bertz CT molecular complexity index is 805. The second kappa shape index (κ2) is 4.09. The van der Waals surface area contributed by atoms with E-state index in [0.717, 1.165) is 10.8 Å². The van der Waals surface area contributed by atoms with Crippen molar-refractivity contribution < 1.29 is 19.8 Å². The highest BCUT2D eigenvalue weighted by Crippen LogP contribution is 2.32. The molecule has 2 aromatic carbocycles. The number of carbonyl (C=O) groups is 2. The minimum Gasteiger partial charge on any atom is -0.478 e. The molecule has 0 aliphatic carbocycles. The quantitative estimate of drug-likeness (QED) is 0.749. The largest absolute Gasteiger partial charge is 0.478 e. The van der Waals surface area contributed by atoms with Gasteiger partial charge in [-0.25, -0.2) is 9.59 Å². The van der Waals surface area contributed by atoms with Crippen LogP contribution in [0.1, 0.15) is 20.7 Å². The van der Waals surface area contributed by atoms with Gasteiger partial charge in [0.1, 0.15) is 0 Å². The zero-order chi connectivity index (χ0) is 14.4. The number of hydrogen-bond acceptors (Lipinski definition) is 2. The normalized spacial score (nSPS) is 11.1. The first-order valence-electron chi connectivity index (χ1n) is 5.99. The van der Waals surface area contributed by atoms with E-state index in [-0.39, 0.29) is 11.1 Å². The van der Waals surface area contributed by atoms with Gasteiger partial charge in [0, 0.05) is 17.8 Å². The van der Waals surface area contributed by atoms with Gasteiger partial charge in [0.25, 0.3) is 0 Å². The topological polar surface area (TPSA) is 79.5 Å². The van der Waals surface area contributed by atoms with Crippen molar-refractivity contribution in [3.05, 3.63) is 47.5 Å². The molecule has 0 atom stereocenters. The fourth-order valence-corrected chi connectivity index (χ4v) is 2.70. The van der Waals surface area contributed by atoms with Crippen molar-refractivity contribution in [3.63, 3.8) is 0 Å². The maximum absolute atomic E-state index is 11.3. The highest BCUT2D eigenvalue weighted by Gasteiger charge is 2.19. The van der Waals surface area contributed by atoms with Crippen LogP contribution in [0.3, 0.4) is 0 Å². The highest BCUT2D eigenvalue weighted by atomic mass is 16.4. The second-order valence-corrected chi connectivity index (χ2v) is 4.57. The Morgan fingerprint density at radius 2 is 1.25 bits per heavy atom. The minimum atomic E-state index is -1.03. The number of carboxylic acid groups (broad SMARTS) is 2. The summed E-state index contributed by atoms with van der Waals surface area (Å²) in [5.74, 6) is -2.06. The molecule has 0 radical (unpaired) electrons. The first-order chi connectivity index (χ1) is 9.52. The fourth-order valence-electron chi connectivity index (χ4n) is 2.70. The number of benzene rings is 2. The van der Waals surface area contributed by atoms with Gasteiger partial charge in [0.15, 0.2) is 0 Å². The predicted molar refractivity (Wildman–Crippen MR) is 74.3 cm³/mol. The van der Waals surface area contributed by atoms with Crippen molar-refractivity contribution in [3.8, 4) is 0 Å². The summed E-state index contributed by atoms with van der Waals surface area (Å²) in [6, 6.07) is 9.97. The van der Waals surface area contributed by atoms with Gasteiger partial charge >= 0.3 is 11.9 Å². The third kappa shape index (κ3) is 1.50. The first kappa shape index (κ1) is 12.2. The summed E-state index contributed by atoms with van der Waals surface area (Å²) in [6.07, 6.45) is 0. The number of rotatable bonds is 2. The van der Waals surface area contributed by atoms with Gasteiger partial charge < -0.3 is 14.8 Å². The van der Waals surface area contributed by atoms with Crippen LogP contribution in [0.25, 0.3) is 21.8 Å². The van der Waals surface area contributed by atoms with Crippen LogP contribution in [0.15, 0.2) is 36.4 Å². The minimum absolute atomic E-state index is 0.164. The lowest BCUT2D eigenvalue weighted by molar-refractivity contribution is 0.0688. The molecular formula is C15H11NO4. The van der Waals surface area contributed by atoms with Gasteiger partial charge in [0.05, 0.1) is 22.2 Å². The van der Waals surface area contributed by atoms with Crippen molar-refractivity contribution in [2.75, 3.05) is 0 Å². The first-order valence-corrected chi connectivity index (χ1v) is 5.99. The molecule has 100 valence electrons. The Hall–Kier alpha value is -2.82. The van der Waals surface area contributed by atoms with E-state index >= 15 is 0 Å². The summed E-state index contributed by atoms with van der Waals surface area (Å²) in [4.78, 5) is 22.7. The molecular weight excluding hydrogens is 258 g/mol. The number of para-hydroxylation sites is 2. The summed E-state index contributed by atoms with van der Waals surface area (Å²) in [7, 11) is 1.68. The Balaban J connectivity index is 2.61. The van der Waals surface area contributed by atoms with Gasteiger partial charge in [-0.05, 0) is 12.1 Å². The van der Waals surface area contributed by atoms with Gasteiger partial charge in [-0.3, -0.25) is 0 Å². The Morgan fingerprint density at radius 1 is 0.850 bits per heavy atom. The SMILES string of the molecule is Cn1c2c(C(=O)O)cccc2c2cccc(C(=O)O)c21. The van der Waals surface area contributed by atoms with Crippen LogP contribution < -0.4 is 0 Å². The van der Waals surface area contributed by atoms with E-state index in [2.05, 4.69) is 0 Å². The van der Waals surface area contributed by atoms with Crippen LogP contribution in [0.2, 0.25) is 0 Å². The van der Waals surface area contributed by atoms with Crippen LogP contribution >= 0.6 is 0 Å². The van der Waals surface area contributed by atoms with Gasteiger partial charge in [-0.2, -0.15) is 0 Å². The van der Waals surface area contributed by atoms with E-state index < -0.39 is 11.9 Å². The number of aromatic carboxylic acids is 2. The van der Waals surface area contributed by atoms with E-state index in [4.69, 9.17) is 0 Å². The maximum atomic E-state index is 11.3. The maximum Gasteiger partial charge on any atom is 0.337 e. The molecule has 2 N–H and O–H groups in total. The average Bonchev–Trinajstić information content (AvgIpc) is 2.72. The molecule has 0 fully saturated rings. The Morgan fingerprint density at radius 3 is 1.60 bits per heavy atom. The van der Waals surface area contributed by atoms with Gasteiger partial charge in [-0.15, -0.1) is 0 Å². The Labute approximate surface area is 113 Å². The van der Waals surface area contributed by atoms with Gasteiger partial charge in [0.2, 0.25) is 0 Å². The average molecular weight is 269 g/mol. The van der Waals surface area contributed by atoms with Crippen molar-refractivity contribution in [2.45, 2.75) is 0 Å². The number of fused-ring (bicyclic) bond motifs is 3. The summed E-state index contributed by atoms with van der Waals surface area (Å²) in [5, 5.41) is 20.0. The van der Waals surface area contributed by atoms with Crippen molar-refractivity contribution in [1.82, 2.24) is 4.57 Å². The third-order valence-corrected chi connectivity index (χ3v) is 3.49. The van der Waals surface area contributed by atoms with Crippen LogP contribution in [0, 0.1) is 0 Å². The predicted octanol–water partition coefficient (Wildman–Crippen LogP) is 2.73. The summed E-state index contributed by atoms with van der Waals surface area (Å²) in [5.41, 5.74) is 1.39. The van der Waals surface area contributed by atoms with Crippen molar-refractivity contribution >= 4 is 33.7 Å². The molecule has 0 aliphatic rings. The zero-order valence-corrected chi connectivity index (χ0v) is 10.6. The summed E-state index contributed by atoms with van der Waals surface area (Å²) in [6.45, 7) is 0. The molecule has 0 aliphatic heterocycles. The fraction of sp³-hybridized carbons (Fsp3) is 0.0667. The van der Waals surface area contributed by atoms with E-state index in [1.807, 2.05) is 0 Å². The number of aromatic nitrogens is 1. The number of nitrogens with zero attached hydrogens (tertiary/aromatic N) is 1. The lowest BCUT2D eigenvalue weighted by atomic mass is 10.1. The molecule has 0 saturated heterocycles. The molecule has 1 aromatic heterocycles. The van der Waals surface area contributed by atoms with Crippen LogP contribution in [-0.2, 0) is 7.05 Å². The standard InChI is InChI=1S/C15H11NO4/c1-16-12-8(4-2-6-10(12)14(17)18)9-5-3-7-11(13(9)16)15(19)20/h2-7H,1H3,(H,17,18)(H,19,20). The van der Waals surface area contributed by atoms with Crippen molar-refractivity contribution in [1.29, 1.82) is 0 Å². The molecule has 5 heteroatoms. The molecule has 3 aromatic rings. The van der Waals surface area contributed by atoms with E-state index in [1.165, 1.54) is 12.1 Å². The number of hydrogen-bond donors (Lipinski definition) is 2. The monoisotopic (exact) mass is 269 g/mol. The number of aryl methyl sites for hydroxylation is 1. The van der Waals surface area contributed by atoms with Crippen LogP contribution in [0.4, 0.5) is 0 Å². The molecule has 1 heterocycles. The van der Waals surface area contributed by atoms with E-state index in [0.29, 0.717) is 11.0 Å². The molecule has 0 bridgehead atoms. The third-order valence-electron chi connectivity index (χ3n) is 3.49. The summed E-state index contributed by atoms with van der Waals surface area (Å²) >= 11 is 0. The van der Waals surface area contributed by atoms with Crippen LogP contribution in [-0.4, -0.2) is 26.7 Å². The highest BCUT2D eigenvalue weighted by molar-refractivity contribution is 6.18. The second-order valence-electron chi connectivity index (χ2n) is 4.57. The lowest BCUT2D eigenvalue weighted by Crippen LogP contribution is -2.03. The molecule has 20 heavy (non-hydrogen) atoms. The van der Waals surface area contributed by atoms with Crippen LogP contribution in [0.5, 0.6) is 0 Å². The smallest absolute Gasteiger partial charge is 0.337 e. The van der Waals surface area contributed by atoms with Gasteiger partial charge in [-0.1, -0.05) is 24.3 Å². The molecule has 0 saturated carbocycles. The van der Waals surface area contributed by atoms with Crippen molar-refractivity contribution in [2.24, 2.45) is 7.05 Å².